The van der Waals surface area contributed by atoms with E-state index in [0.29, 0.717) is 0 Å². The first-order valence-corrected chi connectivity index (χ1v) is 10.4. The molecule has 6 nitrogen and oxygen atoms in total. The van der Waals surface area contributed by atoms with Crippen molar-refractivity contribution in [3.63, 3.8) is 0 Å². The summed E-state index contributed by atoms with van der Waals surface area (Å²) in [6.45, 7) is 3.47. The fourth-order valence-corrected chi connectivity index (χ4v) is 4.80. The van der Waals surface area contributed by atoms with Gasteiger partial charge in [-0.05, 0) is 56.0 Å². The Hall–Kier alpha value is -2.38. The number of hydrogen-bond donors (Lipinski definition) is 2. The molecular weight excluding hydrogens is 364 g/mol. The van der Waals surface area contributed by atoms with Crippen LogP contribution in [-0.2, 0) is 16.4 Å². The monoisotopic (exact) mass is 388 g/mol. The summed E-state index contributed by atoms with van der Waals surface area (Å²) in [7, 11) is -2.39. The Morgan fingerprint density at radius 3 is 2.63 bits per heavy atom. The van der Waals surface area contributed by atoms with Crippen molar-refractivity contribution in [2.75, 3.05) is 7.11 Å². The second-order valence-corrected chi connectivity index (χ2v) is 8.59. The summed E-state index contributed by atoms with van der Waals surface area (Å²) in [5, 5.41) is 3.01. The highest BCUT2D eigenvalue weighted by Gasteiger charge is 2.26. The third kappa shape index (κ3) is 4.14. The molecule has 7 heteroatoms. The van der Waals surface area contributed by atoms with E-state index in [-0.39, 0.29) is 34.2 Å². The van der Waals surface area contributed by atoms with Crippen LogP contribution in [0.4, 0.5) is 0 Å². The number of carbonyl (C=O) groups is 1. The molecule has 1 aliphatic carbocycles. The van der Waals surface area contributed by atoms with Crippen molar-refractivity contribution < 1.29 is 17.9 Å². The van der Waals surface area contributed by atoms with Crippen molar-refractivity contribution in [2.45, 2.75) is 43.7 Å². The molecule has 2 aromatic rings. The summed E-state index contributed by atoms with van der Waals surface area (Å²) in [6.07, 6.45) is 1.75. The maximum Gasteiger partial charge on any atom is 0.251 e. The van der Waals surface area contributed by atoms with Crippen molar-refractivity contribution in [2.24, 2.45) is 0 Å². The van der Waals surface area contributed by atoms with Crippen molar-refractivity contribution in [1.29, 1.82) is 0 Å². The van der Waals surface area contributed by atoms with Gasteiger partial charge in [0, 0.05) is 11.6 Å². The van der Waals surface area contributed by atoms with Crippen molar-refractivity contribution >= 4 is 15.9 Å². The minimum absolute atomic E-state index is 0.0434. The SMILES string of the molecule is COc1ccc(C(=O)NC2CCc3ccccc32)cc1S(=O)(=O)NC(C)C. The fourth-order valence-electron chi connectivity index (χ4n) is 3.35. The number of nitrogens with one attached hydrogen (secondary N) is 2. The quantitative estimate of drug-likeness (QED) is 0.797. The second-order valence-electron chi connectivity index (χ2n) is 6.91. The van der Waals surface area contributed by atoms with Crippen LogP contribution in [0.2, 0.25) is 0 Å². The second kappa shape index (κ2) is 7.70. The van der Waals surface area contributed by atoms with E-state index in [1.807, 2.05) is 18.2 Å². The van der Waals surface area contributed by atoms with Crippen LogP contribution in [0.25, 0.3) is 0 Å². The number of fused-ring (bicyclic) bond motifs is 1. The number of rotatable bonds is 6. The Kier molecular flexibility index (Phi) is 5.53. The van der Waals surface area contributed by atoms with E-state index in [9.17, 15) is 13.2 Å². The van der Waals surface area contributed by atoms with E-state index in [4.69, 9.17) is 4.74 Å². The molecule has 1 atom stereocenters. The van der Waals surface area contributed by atoms with Gasteiger partial charge in [-0.15, -0.1) is 0 Å². The Bertz CT molecular complexity index is 954. The zero-order valence-electron chi connectivity index (χ0n) is 15.7. The number of sulfonamides is 1. The van der Waals surface area contributed by atoms with E-state index in [2.05, 4.69) is 16.1 Å². The highest BCUT2D eigenvalue weighted by molar-refractivity contribution is 7.89. The molecule has 0 radical (unpaired) electrons. The standard InChI is InChI=1S/C20H24N2O4S/c1-13(2)22-27(24,25)19-12-15(9-11-18(19)26-3)20(23)21-17-10-8-14-6-4-5-7-16(14)17/h4-7,9,11-13,17,22H,8,10H2,1-3H3,(H,21,23). The molecule has 0 aliphatic heterocycles. The molecule has 0 saturated heterocycles. The molecular formula is C20H24N2O4S. The van der Waals surface area contributed by atoms with Gasteiger partial charge in [0.15, 0.2) is 0 Å². The van der Waals surface area contributed by atoms with E-state index in [0.717, 1.165) is 18.4 Å². The number of aryl methyl sites for hydroxylation is 1. The third-order valence-electron chi connectivity index (χ3n) is 4.54. The molecule has 1 unspecified atom stereocenters. The van der Waals surface area contributed by atoms with Gasteiger partial charge in [-0.1, -0.05) is 24.3 Å². The Balaban J connectivity index is 1.87. The van der Waals surface area contributed by atoms with Crippen LogP contribution in [0, 0.1) is 0 Å². The zero-order chi connectivity index (χ0) is 19.6. The van der Waals surface area contributed by atoms with Crippen molar-refractivity contribution in [1.82, 2.24) is 10.0 Å². The molecule has 27 heavy (non-hydrogen) atoms. The van der Waals surface area contributed by atoms with Crippen molar-refractivity contribution in [3.8, 4) is 5.75 Å². The van der Waals surface area contributed by atoms with Crippen LogP contribution in [0.5, 0.6) is 5.75 Å². The first kappa shape index (κ1) is 19.4. The average molecular weight is 388 g/mol. The summed E-state index contributed by atoms with van der Waals surface area (Å²) >= 11 is 0. The molecule has 0 spiro atoms. The van der Waals surface area contributed by atoms with E-state index in [1.54, 1.807) is 19.9 Å². The number of carbonyl (C=O) groups excluding carboxylic acids is 1. The van der Waals surface area contributed by atoms with Gasteiger partial charge >= 0.3 is 0 Å². The minimum Gasteiger partial charge on any atom is -0.495 e. The first-order valence-electron chi connectivity index (χ1n) is 8.91. The third-order valence-corrected chi connectivity index (χ3v) is 6.22. The van der Waals surface area contributed by atoms with Crippen LogP contribution >= 0.6 is 0 Å². The van der Waals surface area contributed by atoms with Gasteiger partial charge in [0.25, 0.3) is 5.91 Å². The van der Waals surface area contributed by atoms with E-state index < -0.39 is 10.0 Å². The van der Waals surface area contributed by atoms with Gasteiger partial charge in [0.2, 0.25) is 10.0 Å². The molecule has 0 fully saturated rings. The predicted molar refractivity (Wildman–Crippen MR) is 103 cm³/mol. The number of methoxy groups -OCH3 is 1. The predicted octanol–water partition coefficient (Wildman–Crippen LogP) is 2.80. The zero-order valence-corrected chi connectivity index (χ0v) is 16.5. The van der Waals surface area contributed by atoms with Gasteiger partial charge in [-0.2, -0.15) is 0 Å². The normalized spacial score (nSPS) is 16.2. The molecule has 144 valence electrons. The lowest BCUT2D eigenvalue weighted by Gasteiger charge is -2.16. The summed E-state index contributed by atoms with van der Waals surface area (Å²) in [5.41, 5.74) is 2.64. The van der Waals surface area contributed by atoms with Crippen LogP contribution in [-0.4, -0.2) is 27.5 Å². The first-order chi connectivity index (χ1) is 12.8. The molecule has 0 saturated carbocycles. The van der Waals surface area contributed by atoms with Crippen LogP contribution in [0.3, 0.4) is 0 Å². The van der Waals surface area contributed by atoms with Gasteiger partial charge in [-0.25, -0.2) is 13.1 Å². The van der Waals surface area contributed by atoms with E-state index >= 15 is 0 Å². The molecule has 1 amide bonds. The topological polar surface area (TPSA) is 84.5 Å². The lowest BCUT2D eigenvalue weighted by atomic mass is 10.1. The van der Waals surface area contributed by atoms with E-state index in [1.165, 1.54) is 24.8 Å². The van der Waals surface area contributed by atoms with Gasteiger partial charge < -0.3 is 10.1 Å². The van der Waals surface area contributed by atoms with Crippen LogP contribution < -0.4 is 14.8 Å². The summed E-state index contributed by atoms with van der Waals surface area (Å²) in [5.74, 6) is -0.105. The number of benzene rings is 2. The van der Waals surface area contributed by atoms with Gasteiger partial charge in [0.05, 0.1) is 13.2 Å². The van der Waals surface area contributed by atoms with Crippen LogP contribution in [0.15, 0.2) is 47.4 Å². The summed E-state index contributed by atoms with van der Waals surface area (Å²) in [4.78, 5) is 12.7. The largest absolute Gasteiger partial charge is 0.495 e. The summed E-state index contributed by atoms with van der Waals surface area (Å²) < 4.78 is 32.9. The number of hydrogen-bond acceptors (Lipinski definition) is 4. The molecule has 1 aliphatic rings. The van der Waals surface area contributed by atoms with Crippen LogP contribution in [0.1, 0.15) is 47.8 Å². The highest BCUT2D eigenvalue weighted by atomic mass is 32.2. The summed E-state index contributed by atoms with van der Waals surface area (Å²) in [6, 6.07) is 12.1. The lowest BCUT2D eigenvalue weighted by Crippen LogP contribution is -2.31. The Labute approximate surface area is 160 Å². The molecule has 2 N–H and O–H groups in total. The molecule has 2 aromatic carbocycles. The maximum absolute atomic E-state index is 12.7. The smallest absolute Gasteiger partial charge is 0.251 e. The van der Waals surface area contributed by atoms with Gasteiger partial charge in [0.1, 0.15) is 10.6 Å². The number of ether oxygens (including phenoxy) is 1. The lowest BCUT2D eigenvalue weighted by molar-refractivity contribution is 0.0936. The molecule has 0 bridgehead atoms. The van der Waals surface area contributed by atoms with Gasteiger partial charge in [-0.3, -0.25) is 4.79 Å². The van der Waals surface area contributed by atoms with Crippen molar-refractivity contribution in [3.05, 3.63) is 59.2 Å². The average Bonchev–Trinajstić information content (AvgIpc) is 3.03. The Morgan fingerprint density at radius 2 is 1.93 bits per heavy atom. The highest BCUT2D eigenvalue weighted by Crippen LogP contribution is 2.31. The Morgan fingerprint density at radius 1 is 1.19 bits per heavy atom. The maximum atomic E-state index is 12.7. The fraction of sp³-hybridized carbons (Fsp3) is 0.350. The number of amides is 1. The minimum atomic E-state index is -3.79. The molecule has 0 heterocycles. The molecule has 3 rings (SSSR count). The molecule has 0 aromatic heterocycles.